The van der Waals surface area contributed by atoms with Crippen molar-refractivity contribution in [1.29, 1.82) is 0 Å². The minimum absolute atomic E-state index is 0.232. The van der Waals surface area contributed by atoms with Crippen molar-refractivity contribution in [3.63, 3.8) is 0 Å². The van der Waals surface area contributed by atoms with Crippen molar-refractivity contribution in [3.05, 3.63) is 29.1 Å². The van der Waals surface area contributed by atoms with Crippen molar-refractivity contribution in [2.45, 2.75) is 54.2 Å². The molecular weight excluding hydrogens is 481 g/mol. The number of pyridine rings is 1. The van der Waals surface area contributed by atoms with E-state index in [4.69, 9.17) is 23.2 Å². The van der Waals surface area contributed by atoms with Crippen molar-refractivity contribution in [1.82, 2.24) is 4.98 Å². The molecule has 1 rings (SSSR count). The highest BCUT2D eigenvalue weighted by atomic mass is 35.5. The molecule has 1 aromatic rings. The van der Waals surface area contributed by atoms with Gasteiger partial charge in [-0.1, -0.05) is 23.2 Å². The van der Waals surface area contributed by atoms with E-state index in [-0.39, 0.29) is 6.07 Å². The lowest BCUT2D eigenvalue weighted by Gasteiger charge is -2.32. The molecule has 0 spiro atoms. The van der Waals surface area contributed by atoms with Gasteiger partial charge in [0.15, 0.2) is 0 Å². The van der Waals surface area contributed by atoms with E-state index in [9.17, 15) is 52.7 Å². The summed E-state index contributed by atoms with van der Waals surface area (Å²) in [4.78, 5) is -6.37. The molecular formula is C14H9Cl2F12N. The normalized spacial score (nSPS) is 15.0. The first-order valence-corrected chi connectivity index (χ1v) is 7.92. The second-order valence-electron chi connectivity index (χ2n) is 6.06. The number of hydrogen-bond acceptors (Lipinski definition) is 1. The Balaban J connectivity index is 3.46. The van der Waals surface area contributed by atoms with Crippen LogP contribution in [0.25, 0.3) is 0 Å². The first-order chi connectivity index (χ1) is 12.6. The number of rotatable bonds is 4. The Morgan fingerprint density at radius 2 is 1.00 bits per heavy atom. The summed E-state index contributed by atoms with van der Waals surface area (Å²) >= 11 is 9.49. The highest BCUT2D eigenvalue weighted by Gasteiger charge is 2.71. The standard InChI is InChI=1S/C14H9Cl2F12N/c1-6-2-7(4-9(15,11(17,18)19)12(20,21)22)3-8(29-6)5-10(16,13(23,24)25)14(26,27)28/h2-3H,4-5H2,1H3. The molecule has 1 aromatic heterocycles. The summed E-state index contributed by atoms with van der Waals surface area (Å²) in [6, 6.07) is 0.853. The number of alkyl halides is 14. The van der Waals surface area contributed by atoms with Gasteiger partial charge in [-0.05, 0) is 24.6 Å². The molecule has 0 saturated heterocycles. The van der Waals surface area contributed by atoms with Crippen LogP contribution in [0.15, 0.2) is 12.1 Å². The van der Waals surface area contributed by atoms with Crippen molar-refractivity contribution < 1.29 is 52.7 Å². The Bertz CT molecular complexity index is 646. The molecule has 0 unspecified atom stereocenters. The maximum absolute atomic E-state index is 12.9. The van der Waals surface area contributed by atoms with Crippen LogP contribution in [-0.2, 0) is 12.8 Å². The molecule has 0 atom stereocenters. The van der Waals surface area contributed by atoms with E-state index in [1.54, 1.807) is 0 Å². The molecule has 0 amide bonds. The number of aromatic nitrogens is 1. The zero-order chi connectivity index (χ0) is 23.3. The summed E-state index contributed by atoms with van der Waals surface area (Å²) in [6.07, 6.45) is -28.2. The fraction of sp³-hybridized carbons (Fsp3) is 0.643. The molecule has 0 aliphatic rings. The van der Waals surface area contributed by atoms with E-state index in [1.807, 2.05) is 0 Å². The van der Waals surface area contributed by atoms with E-state index in [1.165, 1.54) is 0 Å². The average Bonchev–Trinajstić information content (AvgIpc) is 2.41. The van der Waals surface area contributed by atoms with E-state index in [2.05, 4.69) is 4.98 Å². The molecule has 0 N–H and O–H groups in total. The molecule has 29 heavy (non-hydrogen) atoms. The average molecular weight is 490 g/mol. The molecule has 0 radical (unpaired) electrons. The van der Waals surface area contributed by atoms with Crippen molar-refractivity contribution >= 4 is 23.2 Å². The molecule has 1 heterocycles. The van der Waals surface area contributed by atoms with Gasteiger partial charge in [-0.15, -0.1) is 0 Å². The fourth-order valence-electron chi connectivity index (χ4n) is 2.26. The van der Waals surface area contributed by atoms with Crippen molar-refractivity contribution in [2.75, 3.05) is 0 Å². The lowest BCUT2D eigenvalue weighted by atomic mass is 9.94. The molecule has 0 bridgehead atoms. The van der Waals surface area contributed by atoms with Gasteiger partial charge in [-0.25, -0.2) is 0 Å². The lowest BCUT2D eigenvalue weighted by Crippen LogP contribution is -2.54. The van der Waals surface area contributed by atoms with Gasteiger partial charge >= 0.3 is 24.7 Å². The van der Waals surface area contributed by atoms with Crippen LogP contribution in [-0.4, -0.2) is 39.4 Å². The number of hydrogen-bond donors (Lipinski definition) is 0. The van der Waals surface area contributed by atoms with Gasteiger partial charge in [0.2, 0.25) is 9.75 Å². The van der Waals surface area contributed by atoms with Crippen LogP contribution < -0.4 is 0 Å². The van der Waals surface area contributed by atoms with Crippen LogP contribution in [0.4, 0.5) is 52.7 Å². The molecule has 15 heteroatoms. The van der Waals surface area contributed by atoms with Gasteiger partial charge < -0.3 is 0 Å². The first-order valence-electron chi connectivity index (χ1n) is 7.16. The van der Waals surface area contributed by atoms with Gasteiger partial charge in [-0.3, -0.25) is 4.98 Å². The summed E-state index contributed by atoms with van der Waals surface area (Å²) < 4.78 is 155. The Morgan fingerprint density at radius 1 is 0.655 bits per heavy atom. The van der Waals surface area contributed by atoms with Gasteiger partial charge in [0, 0.05) is 24.2 Å². The Morgan fingerprint density at radius 3 is 1.34 bits per heavy atom. The maximum atomic E-state index is 12.9. The zero-order valence-electron chi connectivity index (χ0n) is 13.8. The fourth-order valence-corrected chi connectivity index (χ4v) is 2.55. The SMILES string of the molecule is Cc1cc(CC(Cl)(C(F)(F)F)C(F)(F)F)cc(CC(Cl)(C(F)(F)F)C(F)(F)F)n1. The van der Waals surface area contributed by atoms with Crippen LogP contribution in [0.2, 0.25) is 0 Å². The predicted molar refractivity (Wildman–Crippen MR) is 77.8 cm³/mol. The van der Waals surface area contributed by atoms with E-state index in [0.29, 0.717) is 6.07 Å². The number of nitrogens with zero attached hydrogens (tertiary/aromatic N) is 1. The highest BCUT2D eigenvalue weighted by molar-refractivity contribution is 6.25. The summed E-state index contributed by atoms with van der Waals surface area (Å²) in [5.74, 6) is 0. The summed E-state index contributed by atoms with van der Waals surface area (Å²) in [7, 11) is 0. The Hall–Kier alpha value is -1.11. The second-order valence-corrected chi connectivity index (χ2v) is 7.35. The summed E-state index contributed by atoms with van der Waals surface area (Å²) in [6.45, 7) is 0.946. The third-order valence-electron chi connectivity index (χ3n) is 3.74. The summed E-state index contributed by atoms with van der Waals surface area (Å²) in [5.41, 5.74) is -2.49. The largest absolute Gasteiger partial charge is 0.416 e. The van der Waals surface area contributed by atoms with Crippen LogP contribution in [0.3, 0.4) is 0 Å². The molecule has 168 valence electrons. The van der Waals surface area contributed by atoms with Gasteiger partial charge in [-0.2, -0.15) is 52.7 Å². The number of halogens is 14. The molecule has 0 aliphatic heterocycles. The Labute approximate surface area is 165 Å². The molecule has 0 saturated carbocycles. The second kappa shape index (κ2) is 7.54. The maximum Gasteiger partial charge on any atom is 0.416 e. The van der Waals surface area contributed by atoms with E-state index >= 15 is 0 Å². The smallest absolute Gasteiger partial charge is 0.258 e. The highest BCUT2D eigenvalue weighted by Crippen LogP contribution is 2.51. The molecule has 0 aromatic carbocycles. The van der Waals surface area contributed by atoms with Gasteiger partial charge in [0.25, 0.3) is 0 Å². The van der Waals surface area contributed by atoms with Crippen LogP contribution >= 0.6 is 23.2 Å². The third-order valence-corrected chi connectivity index (χ3v) is 4.86. The monoisotopic (exact) mass is 489 g/mol. The zero-order valence-corrected chi connectivity index (χ0v) is 15.3. The Kier molecular flexibility index (Phi) is 6.74. The van der Waals surface area contributed by atoms with Crippen LogP contribution in [0, 0.1) is 6.92 Å². The molecule has 0 fully saturated rings. The third kappa shape index (κ3) is 5.15. The van der Waals surface area contributed by atoms with Crippen molar-refractivity contribution in [2.24, 2.45) is 0 Å². The quantitative estimate of drug-likeness (QED) is 0.339. The first kappa shape index (κ1) is 25.9. The lowest BCUT2D eigenvalue weighted by molar-refractivity contribution is -0.268. The minimum Gasteiger partial charge on any atom is -0.258 e. The minimum atomic E-state index is -6.05. The van der Waals surface area contributed by atoms with E-state index in [0.717, 1.165) is 6.92 Å². The topological polar surface area (TPSA) is 12.9 Å². The molecule has 0 aliphatic carbocycles. The molecule has 1 nitrogen and oxygen atoms in total. The van der Waals surface area contributed by atoms with Crippen LogP contribution in [0.1, 0.15) is 17.0 Å². The van der Waals surface area contributed by atoms with E-state index < -0.39 is 64.2 Å². The predicted octanol–water partition coefficient (Wildman–Crippen LogP) is 6.68. The number of aryl methyl sites for hydroxylation is 1. The van der Waals surface area contributed by atoms with Crippen LogP contribution in [0.5, 0.6) is 0 Å². The van der Waals surface area contributed by atoms with Crippen molar-refractivity contribution in [3.8, 4) is 0 Å². The van der Waals surface area contributed by atoms with Gasteiger partial charge in [0.1, 0.15) is 0 Å². The summed E-state index contributed by atoms with van der Waals surface area (Å²) in [5, 5.41) is 0. The van der Waals surface area contributed by atoms with Gasteiger partial charge in [0.05, 0.1) is 0 Å².